The van der Waals surface area contributed by atoms with Gasteiger partial charge in [-0.25, -0.2) is 8.42 Å². The number of amidine groups is 1. The van der Waals surface area contributed by atoms with Gasteiger partial charge in [0.15, 0.2) is 15.0 Å². The third-order valence-corrected chi connectivity index (χ3v) is 8.64. The van der Waals surface area contributed by atoms with Crippen LogP contribution in [0.2, 0.25) is 0 Å². The average molecular weight is 409 g/mol. The third-order valence-electron chi connectivity index (χ3n) is 5.43. The monoisotopic (exact) mass is 408 g/mol. The molecule has 0 N–H and O–H groups in total. The first-order valence-electron chi connectivity index (χ1n) is 9.65. The number of carbonyl (C=O) groups is 1. The highest BCUT2D eigenvalue weighted by molar-refractivity contribution is 8.16. The van der Waals surface area contributed by atoms with Crippen LogP contribution in [0.5, 0.6) is 0 Å². The Morgan fingerprint density at radius 3 is 2.52 bits per heavy atom. The van der Waals surface area contributed by atoms with Crippen molar-refractivity contribution in [3.8, 4) is 0 Å². The number of hydrogen-bond acceptors (Lipinski definition) is 4. The fraction of sp³-hybridized carbons (Fsp3) is 0.600. The van der Waals surface area contributed by atoms with Gasteiger partial charge in [0.05, 0.1) is 17.5 Å². The lowest BCUT2D eigenvalue weighted by Crippen LogP contribution is -2.38. The first-order chi connectivity index (χ1) is 12.8. The lowest BCUT2D eigenvalue weighted by atomic mass is 9.99. The molecule has 0 bridgehead atoms. The molecule has 1 aromatic rings. The highest BCUT2D eigenvalue weighted by Gasteiger charge is 2.49. The summed E-state index contributed by atoms with van der Waals surface area (Å²) in [6, 6.07) is 7.88. The van der Waals surface area contributed by atoms with Crippen LogP contribution in [0.1, 0.15) is 52.0 Å². The van der Waals surface area contributed by atoms with E-state index in [1.54, 1.807) is 0 Å². The van der Waals surface area contributed by atoms with Gasteiger partial charge in [0.1, 0.15) is 0 Å². The van der Waals surface area contributed by atoms with Crippen LogP contribution in [0.4, 0.5) is 5.69 Å². The largest absolute Gasteiger partial charge is 0.315 e. The molecule has 2 saturated heterocycles. The fourth-order valence-corrected chi connectivity index (χ4v) is 7.78. The number of aliphatic imine (C=N–C) groups is 1. The van der Waals surface area contributed by atoms with Gasteiger partial charge in [-0.15, -0.1) is 0 Å². The van der Waals surface area contributed by atoms with E-state index in [1.165, 1.54) is 11.8 Å². The van der Waals surface area contributed by atoms with Crippen molar-refractivity contribution in [2.24, 2.45) is 10.9 Å². The second-order valence-corrected chi connectivity index (χ2v) is 11.0. The van der Waals surface area contributed by atoms with Crippen molar-refractivity contribution in [2.75, 3.05) is 16.4 Å². The van der Waals surface area contributed by atoms with Crippen molar-refractivity contribution in [1.29, 1.82) is 0 Å². The predicted molar refractivity (Wildman–Crippen MR) is 113 cm³/mol. The summed E-state index contributed by atoms with van der Waals surface area (Å²) in [6.45, 7) is 8.25. The van der Waals surface area contributed by atoms with Gasteiger partial charge in [-0.3, -0.25) is 4.79 Å². The van der Waals surface area contributed by atoms with Crippen LogP contribution < -0.4 is 4.90 Å². The van der Waals surface area contributed by atoms with Crippen molar-refractivity contribution < 1.29 is 13.2 Å². The molecule has 0 aromatic heterocycles. The van der Waals surface area contributed by atoms with Crippen LogP contribution in [-0.4, -0.2) is 42.3 Å². The minimum Gasteiger partial charge on any atom is -0.315 e. The number of amides is 1. The molecule has 2 aliphatic rings. The van der Waals surface area contributed by atoms with Crippen molar-refractivity contribution in [2.45, 2.75) is 57.7 Å². The Labute approximate surface area is 166 Å². The summed E-state index contributed by atoms with van der Waals surface area (Å²) in [7, 11) is -3.06. The summed E-state index contributed by atoms with van der Waals surface area (Å²) < 4.78 is 24.4. The molecule has 5 nitrogen and oxygen atoms in total. The lowest BCUT2D eigenvalue weighted by Gasteiger charge is -2.28. The number of nitrogens with zero attached hydrogens (tertiary/aromatic N) is 2. The van der Waals surface area contributed by atoms with Gasteiger partial charge in [0.2, 0.25) is 0 Å². The maximum absolute atomic E-state index is 12.7. The van der Waals surface area contributed by atoms with E-state index in [9.17, 15) is 13.2 Å². The summed E-state index contributed by atoms with van der Waals surface area (Å²) in [5.41, 5.74) is 2.12. The molecule has 0 radical (unpaired) electrons. The zero-order chi connectivity index (χ0) is 19.8. The molecule has 1 aromatic carbocycles. The highest BCUT2D eigenvalue weighted by atomic mass is 32.2. The van der Waals surface area contributed by atoms with Gasteiger partial charge in [0, 0.05) is 16.9 Å². The number of carbonyl (C=O) groups excluding carboxylic acids is 1. The summed E-state index contributed by atoms with van der Waals surface area (Å²) >= 11 is 1.45. The SMILES string of the molecule is CCC(CC)C(=O)N=C1S[C@H]2CS(=O)(=O)C[C@@H]2N1c1ccccc1C(C)C. The van der Waals surface area contributed by atoms with Crippen molar-refractivity contribution in [3.63, 3.8) is 0 Å². The molecule has 148 valence electrons. The third kappa shape index (κ3) is 4.09. The molecule has 3 rings (SSSR count). The number of rotatable bonds is 5. The van der Waals surface area contributed by atoms with E-state index in [1.807, 2.05) is 36.9 Å². The summed E-state index contributed by atoms with van der Waals surface area (Å²) in [6.07, 6.45) is 1.53. The van der Waals surface area contributed by atoms with Gasteiger partial charge in [-0.1, -0.05) is 57.7 Å². The predicted octanol–water partition coefficient (Wildman–Crippen LogP) is 3.85. The Hall–Kier alpha value is -1.34. The van der Waals surface area contributed by atoms with E-state index in [-0.39, 0.29) is 34.6 Å². The van der Waals surface area contributed by atoms with Gasteiger partial charge < -0.3 is 4.90 Å². The first-order valence-corrected chi connectivity index (χ1v) is 12.3. The van der Waals surface area contributed by atoms with E-state index in [4.69, 9.17) is 0 Å². The Morgan fingerprint density at radius 2 is 1.89 bits per heavy atom. The molecule has 0 aliphatic carbocycles. The van der Waals surface area contributed by atoms with E-state index in [2.05, 4.69) is 24.9 Å². The maximum atomic E-state index is 12.7. The number of benzene rings is 1. The molecule has 0 unspecified atom stereocenters. The molecule has 0 spiro atoms. The molecular formula is C20H28N2O3S2. The lowest BCUT2D eigenvalue weighted by molar-refractivity contribution is -0.121. The second kappa shape index (κ2) is 7.95. The van der Waals surface area contributed by atoms with Crippen LogP contribution in [-0.2, 0) is 14.6 Å². The zero-order valence-corrected chi connectivity index (χ0v) is 18.0. The van der Waals surface area contributed by atoms with E-state index < -0.39 is 9.84 Å². The quantitative estimate of drug-likeness (QED) is 0.740. The fourth-order valence-electron chi connectivity index (χ4n) is 3.86. The second-order valence-electron chi connectivity index (χ2n) is 7.63. The minimum atomic E-state index is -3.06. The van der Waals surface area contributed by atoms with Crippen LogP contribution in [0.15, 0.2) is 29.3 Å². The molecule has 2 atom stereocenters. The molecule has 0 saturated carbocycles. The van der Waals surface area contributed by atoms with Gasteiger partial charge in [-0.2, -0.15) is 4.99 Å². The molecule has 7 heteroatoms. The summed E-state index contributed by atoms with van der Waals surface area (Å²) in [5, 5.41) is 0.591. The molecule has 1 amide bonds. The Balaban J connectivity index is 2.06. The van der Waals surface area contributed by atoms with Crippen LogP contribution >= 0.6 is 11.8 Å². The van der Waals surface area contributed by atoms with E-state index in [0.29, 0.717) is 11.1 Å². The number of fused-ring (bicyclic) bond motifs is 1. The topological polar surface area (TPSA) is 66.8 Å². The van der Waals surface area contributed by atoms with Crippen molar-refractivity contribution in [1.82, 2.24) is 0 Å². The normalized spacial score (nSPS) is 25.6. The van der Waals surface area contributed by atoms with Crippen LogP contribution in [0.25, 0.3) is 0 Å². The number of anilines is 1. The average Bonchev–Trinajstić information content (AvgIpc) is 3.06. The molecule has 2 fully saturated rings. The number of thioether (sulfide) groups is 1. The smallest absolute Gasteiger partial charge is 0.251 e. The number of hydrogen-bond donors (Lipinski definition) is 0. The van der Waals surface area contributed by atoms with Gasteiger partial charge in [0.25, 0.3) is 5.91 Å². The van der Waals surface area contributed by atoms with Crippen molar-refractivity contribution >= 4 is 38.4 Å². The summed E-state index contributed by atoms with van der Waals surface area (Å²) in [4.78, 5) is 19.2. The molecular weight excluding hydrogens is 380 g/mol. The Bertz CT molecular complexity index is 845. The van der Waals surface area contributed by atoms with Gasteiger partial charge >= 0.3 is 0 Å². The van der Waals surface area contributed by atoms with E-state index >= 15 is 0 Å². The highest BCUT2D eigenvalue weighted by Crippen LogP contribution is 2.43. The minimum absolute atomic E-state index is 0.0662. The standard InChI is InChI=1S/C20H28N2O3S2/c1-5-14(6-2)19(23)21-20-22(16-10-8-7-9-15(16)13(3)4)17-11-27(24,25)12-18(17)26-20/h7-10,13-14,17-18H,5-6,11-12H2,1-4H3/t17-,18-/m0/s1. The summed E-state index contributed by atoms with van der Waals surface area (Å²) in [5.74, 6) is 0.386. The number of sulfone groups is 1. The first kappa shape index (κ1) is 20.4. The maximum Gasteiger partial charge on any atom is 0.251 e. The number of para-hydroxylation sites is 1. The zero-order valence-electron chi connectivity index (χ0n) is 16.4. The van der Waals surface area contributed by atoms with Crippen LogP contribution in [0.3, 0.4) is 0 Å². The molecule has 2 aliphatic heterocycles. The Kier molecular flexibility index (Phi) is 6.01. The molecule has 2 heterocycles. The van der Waals surface area contributed by atoms with Gasteiger partial charge in [-0.05, 0) is 30.4 Å². The molecule has 27 heavy (non-hydrogen) atoms. The van der Waals surface area contributed by atoms with Crippen molar-refractivity contribution in [3.05, 3.63) is 29.8 Å². The van der Waals surface area contributed by atoms with E-state index in [0.717, 1.165) is 24.1 Å². The van der Waals surface area contributed by atoms with Crippen LogP contribution in [0, 0.1) is 5.92 Å². The Morgan fingerprint density at radius 1 is 1.22 bits per heavy atom.